The number of hydrogen-bond donors (Lipinski definition) is 0. The van der Waals surface area contributed by atoms with Gasteiger partial charge in [-0.25, -0.2) is 0 Å². The van der Waals surface area contributed by atoms with Crippen LogP contribution in [0.2, 0.25) is 0 Å². The van der Waals surface area contributed by atoms with Gasteiger partial charge in [-0.05, 0) is 197 Å². The molecule has 638 valence electrons. The fourth-order valence-corrected chi connectivity index (χ4v) is 22.4. The topological polar surface area (TPSA) is 166 Å². The van der Waals surface area contributed by atoms with Crippen molar-refractivity contribution < 1.29 is 85.3 Å². The van der Waals surface area contributed by atoms with E-state index in [4.69, 9.17) is 85.3 Å². The first-order chi connectivity index (χ1) is 58.9. The Kier molecular flexibility index (Phi) is 36.0. The van der Waals surface area contributed by atoms with Gasteiger partial charge in [-0.3, -0.25) is 0 Å². The van der Waals surface area contributed by atoms with E-state index in [1.165, 1.54) is 88.4 Å². The van der Waals surface area contributed by atoms with Crippen LogP contribution in [-0.4, -0.2) is 201 Å². The average Bonchev–Trinajstić information content (AvgIpc) is 1.57. The first kappa shape index (κ1) is 91.1. The Morgan fingerprint density at radius 3 is 0.650 bits per heavy atom. The molecule has 18 nitrogen and oxygen atoms in total. The summed E-state index contributed by atoms with van der Waals surface area (Å²) in [4.78, 5) is 11.8. The van der Waals surface area contributed by atoms with E-state index in [9.17, 15) is 0 Å². The van der Waals surface area contributed by atoms with Gasteiger partial charge >= 0.3 is 0 Å². The standard InChI is InChI=1S/C96H110O18S6/c1-63-61-115-92(82(63)70-15-27-76(28-16-70)110-56-50-104-44-38-98-8)88-65(3)84(72-19-31-78(32-20-72)112-58-52-106-46-40-100-10)94(117-88)90-67(5)86(74-23-35-80(36-24-74)114-60-54-108-48-42-102-12)96(119-90)91-68(6)85(73-21-33-79(34-22-73)113-59-53-107-47-41-101-11)95(120-91)89-66(4)83(71-17-29-77(30-18-71)111-57-51-105-45-39-99-9)93(118-89)87-64(2)81(62-116-87)69-13-25-75(26-14-69)109-55-49-103-43-37-97-7/h13-36,61-62H,37-60H2,1-12H3. The van der Waals surface area contributed by atoms with E-state index in [2.05, 4.69) is 186 Å². The maximum atomic E-state index is 6.38. The molecule has 0 aliphatic carbocycles. The summed E-state index contributed by atoms with van der Waals surface area (Å²) in [5.74, 6) is 4.60. The SMILES string of the molecule is COCCOCCOc1ccc(-c2csc(-c3sc(-c4sc(-c5sc(-c6sc(-c7scc(C)c7-c7ccc(OCCOCCOC)cc7)c(C)c6-c6ccc(OCCOCCOC)cc6)c(C)c5-c5ccc(OCCOCCOC)cc5)c(C)c4-c4ccc(OCCOCCOC)cc4)c(C)c3-c3ccc(OCCOCCOC)cc3)c2C)cc1. The molecule has 6 aromatic heterocycles. The van der Waals surface area contributed by atoms with Gasteiger partial charge in [0.25, 0.3) is 0 Å². The summed E-state index contributed by atoms with van der Waals surface area (Å²) in [7, 11) is 10.0. The van der Waals surface area contributed by atoms with Crippen LogP contribution in [0.1, 0.15) is 33.4 Å². The van der Waals surface area contributed by atoms with Crippen molar-refractivity contribution in [1.82, 2.24) is 0 Å². The largest absolute Gasteiger partial charge is 0.491 e. The van der Waals surface area contributed by atoms with Crippen LogP contribution in [0.4, 0.5) is 0 Å². The maximum Gasteiger partial charge on any atom is 0.119 e. The predicted molar refractivity (Wildman–Crippen MR) is 491 cm³/mol. The summed E-state index contributed by atoms with van der Waals surface area (Å²) < 4.78 is 104. The zero-order valence-corrected chi connectivity index (χ0v) is 75.7. The number of methoxy groups -OCH3 is 6. The number of aryl methyl sites for hydroxylation is 1. The van der Waals surface area contributed by atoms with Crippen LogP contribution in [0.15, 0.2) is 156 Å². The molecule has 0 saturated carbocycles. The molecule has 12 rings (SSSR count). The first-order valence-electron chi connectivity index (χ1n) is 40.4. The summed E-state index contributed by atoms with van der Waals surface area (Å²) in [6, 6.07) is 51.2. The monoisotopic (exact) mass is 1740 g/mol. The smallest absolute Gasteiger partial charge is 0.119 e. The molecule has 0 bridgehead atoms. The Morgan fingerprint density at radius 1 is 0.192 bits per heavy atom. The summed E-state index contributed by atoms with van der Waals surface area (Å²) in [5, 5.41) is 4.59. The Balaban J connectivity index is 1.03. The zero-order chi connectivity index (χ0) is 84.0. The summed E-state index contributed by atoms with van der Waals surface area (Å²) in [6.07, 6.45) is 0. The normalized spacial score (nSPS) is 11.5. The quantitative estimate of drug-likeness (QED) is 0.0330. The van der Waals surface area contributed by atoms with Gasteiger partial charge in [0.2, 0.25) is 0 Å². The molecule has 120 heavy (non-hydrogen) atoms. The molecule has 0 fully saturated rings. The lowest BCUT2D eigenvalue weighted by Gasteiger charge is -2.11. The summed E-state index contributed by atoms with van der Waals surface area (Å²) in [6.45, 7) is 25.0. The van der Waals surface area contributed by atoms with Crippen molar-refractivity contribution in [3.05, 3.63) is 190 Å². The highest BCUT2D eigenvalue weighted by molar-refractivity contribution is 7.31. The number of ether oxygens (including phenoxy) is 18. The molecule has 24 heteroatoms. The molecule has 0 amide bonds. The second-order valence-corrected chi connectivity index (χ2v) is 34.0. The van der Waals surface area contributed by atoms with E-state index in [0.717, 1.165) is 95.0 Å². The Hall–Kier alpha value is -8.16. The third-order valence-corrected chi connectivity index (χ3v) is 28.3. The van der Waals surface area contributed by atoms with Gasteiger partial charge in [-0.15, -0.1) is 68.0 Å². The Morgan fingerprint density at radius 2 is 0.400 bits per heavy atom. The molecule has 0 spiro atoms. The Labute approximate surface area is 730 Å². The van der Waals surface area contributed by atoms with Gasteiger partial charge in [0.05, 0.1) is 143 Å². The van der Waals surface area contributed by atoms with Crippen LogP contribution in [0, 0.1) is 41.5 Å². The van der Waals surface area contributed by atoms with Crippen molar-refractivity contribution in [3.63, 3.8) is 0 Å². The number of hydrogen-bond acceptors (Lipinski definition) is 24. The van der Waals surface area contributed by atoms with Gasteiger partial charge in [0.1, 0.15) is 74.1 Å². The fourth-order valence-electron chi connectivity index (χ4n) is 13.9. The van der Waals surface area contributed by atoms with Crippen LogP contribution in [0.3, 0.4) is 0 Å². The van der Waals surface area contributed by atoms with E-state index in [-0.39, 0.29) is 0 Å². The molecule has 0 radical (unpaired) electrons. The molecule has 0 atom stereocenters. The molecule has 0 saturated heterocycles. The highest BCUT2D eigenvalue weighted by atomic mass is 32.1. The van der Waals surface area contributed by atoms with Gasteiger partial charge in [-0.1, -0.05) is 72.8 Å². The lowest BCUT2D eigenvalue weighted by atomic mass is 9.94. The van der Waals surface area contributed by atoms with Crippen LogP contribution < -0.4 is 28.4 Å². The maximum absolute atomic E-state index is 6.38. The van der Waals surface area contributed by atoms with Crippen molar-refractivity contribution in [3.8, 4) is 150 Å². The van der Waals surface area contributed by atoms with E-state index < -0.39 is 0 Å². The molecule has 6 heterocycles. The lowest BCUT2D eigenvalue weighted by molar-refractivity contribution is 0.0544. The number of thiophene rings is 6. The summed E-state index contributed by atoms with van der Waals surface area (Å²) >= 11 is 11.0. The third-order valence-electron chi connectivity index (χ3n) is 20.1. The van der Waals surface area contributed by atoms with Crippen molar-refractivity contribution >= 4 is 68.0 Å². The molecule has 0 unspecified atom stereocenters. The first-order valence-corrected chi connectivity index (χ1v) is 45.4. The number of rotatable bonds is 53. The number of benzene rings is 6. The minimum absolute atomic E-state index is 0.393. The van der Waals surface area contributed by atoms with Gasteiger partial charge in [-0.2, -0.15) is 0 Å². The molecule has 12 aromatic rings. The van der Waals surface area contributed by atoms with Crippen molar-refractivity contribution in [2.75, 3.05) is 201 Å². The van der Waals surface area contributed by atoms with Crippen molar-refractivity contribution in [2.24, 2.45) is 0 Å². The average molecular weight is 1740 g/mol. The lowest BCUT2D eigenvalue weighted by Crippen LogP contribution is -2.09. The van der Waals surface area contributed by atoms with E-state index >= 15 is 0 Å². The highest BCUT2D eigenvalue weighted by Crippen LogP contribution is 2.61. The van der Waals surface area contributed by atoms with Crippen molar-refractivity contribution in [2.45, 2.75) is 41.5 Å². The highest BCUT2D eigenvalue weighted by Gasteiger charge is 2.33. The van der Waals surface area contributed by atoms with Crippen LogP contribution in [0.25, 0.3) is 116 Å². The van der Waals surface area contributed by atoms with E-state index in [1.807, 2.05) is 57.5 Å². The van der Waals surface area contributed by atoms with Crippen LogP contribution >= 0.6 is 68.0 Å². The fraction of sp³-hybridized carbons (Fsp3) is 0.375. The van der Waals surface area contributed by atoms with Crippen LogP contribution in [-0.2, 0) is 56.8 Å². The molecule has 0 aliphatic heterocycles. The predicted octanol–water partition coefficient (Wildman–Crippen LogP) is 22.5. The summed E-state index contributed by atoms with van der Waals surface area (Å²) in [5.41, 5.74) is 20.6. The Bertz CT molecular complexity index is 5080. The third kappa shape index (κ3) is 23.8. The van der Waals surface area contributed by atoms with Gasteiger partial charge < -0.3 is 85.3 Å². The molecular formula is C96H110O18S6. The molecule has 0 aliphatic rings. The van der Waals surface area contributed by atoms with Gasteiger partial charge in [0.15, 0.2) is 0 Å². The molecule has 0 N–H and O–H groups in total. The second-order valence-electron chi connectivity index (χ2n) is 28.1. The van der Waals surface area contributed by atoms with E-state index in [1.54, 1.807) is 65.3 Å². The molecular weight excluding hydrogens is 1630 g/mol. The zero-order valence-electron chi connectivity index (χ0n) is 70.8. The second kappa shape index (κ2) is 47.5. The van der Waals surface area contributed by atoms with Crippen molar-refractivity contribution in [1.29, 1.82) is 0 Å². The van der Waals surface area contributed by atoms with Gasteiger partial charge in [0, 0.05) is 94.9 Å². The molecule has 6 aromatic carbocycles. The van der Waals surface area contributed by atoms with Crippen LogP contribution in [0.5, 0.6) is 34.5 Å². The minimum Gasteiger partial charge on any atom is -0.491 e. The van der Waals surface area contributed by atoms with E-state index in [0.29, 0.717) is 159 Å². The minimum atomic E-state index is 0.393.